The second-order valence-corrected chi connectivity index (χ2v) is 7.66. The van der Waals surface area contributed by atoms with E-state index in [2.05, 4.69) is 38.8 Å². The van der Waals surface area contributed by atoms with E-state index in [0.29, 0.717) is 17.5 Å². The lowest BCUT2D eigenvalue weighted by Gasteiger charge is -2.46. The molecule has 1 heterocycles. The van der Waals surface area contributed by atoms with Gasteiger partial charge in [0.2, 0.25) is 0 Å². The SMILES string of the molecule is CCC(C)(C)C1CCC(C#N)C(N(C)C2CCOCC2)C1. The summed E-state index contributed by atoms with van der Waals surface area (Å²) < 4.78 is 5.49. The van der Waals surface area contributed by atoms with Gasteiger partial charge in [0, 0.05) is 25.3 Å². The molecule has 1 saturated heterocycles. The van der Waals surface area contributed by atoms with Crippen LogP contribution in [0.2, 0.25) is 0 Å². The molecule has 1 saturated carbocycles. The van der Waals surface area contributed by atoms with E-state index in [1.807, 2.05) is 0 Å². The Kier molecular flexibility index (Phi) is 5.68. The predicted octanol–water partition coefficient (Wildman–Crippen LogP) is 3.84. The second-order valence-electron chi connectivity index (χ2n) is 7.66. The number of rotatable bonds is 4. The van der Waals surface area contributed by atoms with Crippen LogP contribution in [0.4, 0.5) is 0 Å². The third-order valence-electron chi connectivity index (χ3n) is 6.29. The van der Waals surface area contributed by atoms with Gasteiger partial charge in [-0.1, -0.05) is 27.2 Å². The van der Waals surface area contributed by atoms with Crippen LogP contribution < -0.4 is 0 Å². The molecule has 3 atom stereocenters. The van der Waals surface area contributed by atoms with Gasteiger partial charge >= 0.3 is 0 Å². The Hall–Kier alpha value is -0.590. The van der Waals surface area contributed by atoms with Crippen LogP contribution in [0, 0.1) is 28.6 Å². The highest BCUT2D eigenvalue weighted by molar-refractivity contribution is 5.00. The standard InChI is InChI=1S/C18H32N2O/c1-5-18(2,3)15-7-6-14(13-19)17(12-15)20(4)16-8-10-21-11-9-16/h14-17H,5-12H2,1-4H3. The highest BCUT2D eigenvalue weighted by Crippen LogP contribution is 2.43. The molecule has 0 N–H and O–H groups in total. The molecule has 2 fully saturated rings. The zero-order valence-electron chi connectivity index (χ0n) is 14.3. The van der Waals surface area contributed by atoms with Crippen molar-refractivity contribution in [3.63, 3.8) is 0 Å². The summed E-state index contributed by atoms with van der Waals surface area (Å²) in [6, 6.07) is 3.62. The third-order valence-corrected chi connectivity index (χ3v) is 6.29. The van der Waals surface area contributed by atoms with Crippen LogP contribution in [0.25, 0.3) is 0 Å². The zero-order valence-corrected chi connectivity index (χ0v) is 14.3. The molecule has 2 aliphatic rings. The lowest BCUT2D eigenvalue weighted by atomic mass is 9.65. The molecule has 0 bridgehead atoms. The molecule has 3 nitrogen and oxygen atoms in total. The van der Waals surface area contributed by atoms with Crippen LogP contribution in [0.5, 0.6) is 0 Å². The molecule has 120 valence electrons. The van der Waals surface area contributed by atoms with E-state index in [4.69, 9.17) is 4.74 Å². The summed E-state index contributed by atoms with van der Waals surface area (Å²) >= 11 is 0. The first-order valence-corrected chi connectivity index (χ1v) is 8.69. The molecule has 0 radical (unpaired) electrons. The smallest absolute Gasteiger partial charge is 0.0672 e. The van der Waals surface area contributed by atoms with Crippen molar-refractivity contribution in [2.75, 3.05) is 20.3 Å². The first-order chi connectivity index (χ1) is 9.99. The Morgan fingerprint density at radius 3 is 2.43 bits per heavy atom. The molecule has 1 aliphatic carbocycles. The van der Waals surface area contributed by atoms with Crippen molar-refractivity contribution in [2.24, 2.45) is 17.3 Å². The molecule has 0 aromatic rings. The quantitative estimate of drug-likeness (QED) is 0.790. The minimum absolute atomic E-state index is 0.210. The summed E-state index contributed by atoms with van der Waals surface area (Å²) in [4.78, 5) is 2.52. The zero-order chi connectivity index (χ0) is 15.5. The average Bonchev–Trinajstić information content (AvgIpc) is 2.54. The molecule has 2 rings (SSSR count). The summed E-state index contributed by atoms with van der Waals surface area (Å²) in [7, 11) is 2.24. The Morgan fingerprint density at radius 2 is 1.86 bits per heavy atom. The molecular weight excluding hydrogens is 260 g/mol. The van der Waals surface area contributed by atoms with Crippen molar-refractivity contribution >= 4 is 0 Å². The molecule has 3 heteroatoms. The van der Waals surface area contributed by atoms with E-state index < -0.39 is 0 Å². The fourth-order valence-electron chi connectivity index (χ4n) is 4.11. The molecule has 0 amide bonds. The Bertz CT molecular complexity index is 368. The monoisotopic (exact) mass is 292 g/mol. The lowest BCUT2D eigenvalue weighted by molar-refractivity contribution is -0.00383. The molecular formula is C18H32N2O. The number of nitrogens with zero attached hydrogens (tertiary/aromatic N) is 2. The number of hydrogen-bond donors (Lipinski definition) is 0. The van der Waals surface area contributed by atoms with Crippen LogP contribution in [-0.2, 0) is 4.74 Å². The van der Waals surface area contributed by atoms with Gasteiger partial charge in [-0.15, -0.1) is 0 Å². The maximum Gasteiger partial charge on any atom is 0.0672 e. The van der Waals surface area contributed by atoms with Crippen LogP contribution in [-0.4, -0.2) is 37.2 Å². The second kappa shape index (κ2) is 7.11. The van der Waals surface area contributed by atoms with Crippen LogP contribution in [0.3, 0.4) is 0 Å². The third kappa shape index (κ3) is 3.79. The van der Waals surface area contributed by atoms with Crippen molar-refractivity contribution in [3.8, 4) is 6.07 Å². The first kappa shape index (κ1) is 16.8. The summed E-state index contributed by atoms with van der Waals surface area (Å²) in [5.74, 6) is 0.959. The van der Waals surface area contributed by atoms with E-state index >= 15 is 0 Å². The maximum absolute atomic E-state index is 9.55. The van der Waals surface area contributed by atoms with Gasteiger partial charge in [-0.25, -0.2) is 0 Å². The minimum atomic E-state index is 0.210. The van der Waals surface area contributed by atoms with Crippen molar-refractivity contribution in [3.05, 3.63) is 0 Å². The number of nitriles is 1. The summed E-state index contributed by atoms with van der Waals surface area (Å²) in [5, 5.41) is 9.55. The van der Waals surface area contributed by atoms with Gasteiger partial charge in [0.25, 0.3) is 0 Å². The van der Waals surface area contributed by atoms with E-state index in [1.54, 1.807) is 0 Å². The predicted molar refractivity (Wildman–Crippen MR) is 85.9 cm³/mol. The first-order valence-electron chi connectivity index (χ1n) is 8.69. The van der Waals surface area contributed by atoms with Crippen LogP contribution in [0.1, 0.15) is 59.3 Å². The van der Waals surface area contributed by atoms with Crippen molar-refractivity contribution in [2.45, 2.75) is 71.4 Å². The van der Waals surface area contributed by atoms with Crippen molar-refractivity contribution < 1.29 is 4.74 Å². The van der Waals surface area contributed by atoms with E-state index in [9.17, 15) is 5.26 Å². The van der Waals surface area contributed by atoms with Gasteiger partial charge in [0.05, 0.1) is 12.0 Å². The molecule has 21 heavy (non-hydrogen) atoms. The van der Waals surface area contributed by atoms with Gasteiger partial charge in [0.1, 0.15) is 0 Å². The normalized spacial score (nSPS) is 32.1. The minimum Gasteiger partial charge on any atom is -0.381 e. The maximum atomic E-state index is 9.55. The fraction of sp³-hybridized carbons (Fsp3) is 0.944. The largest absolute Gasteiger partial charge is 0.381 e. The summed E-state index contributed by atoms with van der Waals surface area (Å²) in [6.45, 7) is 8.85. The van der Waals surface area contributed by atoms with Gasteiger partial charge in [-0.05, 0) is 50.5 Å². The van der Waals surface area contributed by atoms with Gasteiger partial charge in [-0.3, -0.25) is 4.90 Å². The Morgan fingerprint density at radius 1 is 1.19 bits per heavy atom. The van der Waals surface area contributed by atoms with Gasteiger partial charge in [0.15, 0.2) is 0 Å². The highest BCUT2D eigenvalue weighted by Gasteiger charge is 2.40. The average molecular weight is 292 g/mol. The highest BCUT2D eigenvalue weighted by atomic mass is 16.5. The molecule has 3 unspecified atom stereocenters. The Labute approximate surface area is 130 Å². The van der Waals surface area contributed by atoms with Gasteiger partial charge in [-0.2, -0.15) is 5.26 Å². The van der Waals surface area contributed by atoms with Crippen LogP contribution in [0.15, 0.2) is 0 Å². The number of hydrogen-bond acceptors (Lipinski definition) is 3. The topological polar surface area (TPSA) is 36.3 Å². The van der Waals surface area contributed by atoms with Crippen LogP contribution >= 0.6 is 0 Å². The fourth-order valence-corrected chi connectivity index (χ4v) is 4.11. The van der Waals surface area contributed by atoms with Crippen molar-refractivity contribution in [1.29, 1.82) is 5.26 Å². The molecule has 0 aromatic carbocycles. The lowest BCUT2D eigenvalue weighted by Crippen LogP contribution is -2.50. The van der Waals surface area contributed by atoms with E-state index in [-0.39, 0.29) is 5.92 Å². The summed E-state index contributed by atoms with van der Waals surface area (Å²) in [6.07, 6.45) is 6.94. The van der Waals surface area contributed by atoms with E-state index in [0.717, 1.165) is 38.4 Å². The van der Waals surface area contributed by atoms with E-state index in [1.165, 1.54) is 19.3 Å². The molecule has 1 aliphatic heterocycles. The number of ether oxygens (including phenoxy) is 1. The summed E-state index contributed by atoms with van der Waals surface area (Å²) in [5.41, 5.74) is 0.398. The van der Waals surface area contributed by atoms with Gasteiger partial charge < -0.3 is 4.74 Å². The molecule has 0 aromatic heterocycles. The Balaban J connectivity index is 2.07. The molecule has 0 spiro atoms. The van der Waals surface area contributed by atoms with Crippen molar-refractivity contribution in [1.82, 2.24) is 4.90 Å².